The Morgan fingerprint density at radius 1 is 1.41 bits per heavy atom. The predicted molar refractivity (Wildman–Crippen MR) is 71.6 cm³/mol. The van der Waals surface area contributed by atoms with Gasteiger partial charge in [0.05, 0.1) is 24.1 Å². The molecule has 1 amide bonds. The van der Waals surface area contributed by atoms with E-state index in [1.807, 2.05) is 12.1 Å². The molecule has 0 radical (unpaired) electrons. The lowest BCUT2D eigenvalue weighted by molar-refractivity contribution is 0.0949. The van der Waals surface area contributed by atoms with Gasteiger partial charge in [0, 0.05) is 15.1 Å². The highest BCUT2D eigenvalue weighted by Crippen LogP contribution is 2.21. The van der Waals surface area contributed by atoms with E-state index in [9.17, 15) is 4.79 Å². The summed E-state index contributed by atoms with van der Waals surface area (Å²) in [5, 5.41) is 2.81. The van der Waals surface area contributed by atoms with Gasteiger partial charge < -0.3 is 10.3 Å². The number of nitrogens with one attached hydrogen (secondary N) is 2. The molecule has 2 N–H and O–H groups in total. The Bertz CT molecular complexity index is 526. The van der Waals surface area contributed by atoms with Crippen molar-refractivity contribution >= 4 is 37.8 Å². The zero-order chi connectivity index (χ0) is 12.3. The molecule has 0 saturated heterocycles. The highest BCUT2D eigenvalue weighted by atomic mass is 79.9. The minimum atomic E-state index is -0.126. The van der Waals surface area contributed by atoms with E-state index < -0.39 is 0 Å². The molecule has 88 valence electrons. The number of benzene rings is 1. The number of hydrogen-bond acceptors (Lipinski definition) is 2. The summed E-state index contributed by atoms with van der Waals surface area (Å²) in [5.74, 6) is -0.126. The first-order valence-electron chi connectivity index (χ1n) is 4.87. The van der Waals surface area contributed by atoms with E-state index in [0.29, 0.717) is 12.1 Å². The van der Waals surface area contributed by atoms with Crippen LogP contribution in [0.5, 0.6) is 0 Å². The number of rotatable bonds is 3. The SMILES string of the molecule is O=C(NCc1cnc[nH]1)c1ccc(Br)cc1Br. The second kappa shape index (κ2) is 5.46. The van der Waals surface area contributed by atoms with Gasteiger partial charge in [0.2, 0.25) is 0 Å². The first kappa shape index (κ1) is 12.3. The summed E-state index contributed by atoms with van der Waals surface area (Å²) in [7, 11) is 0. The van der Waals surface area contributed by atoms with Crippen LogP contribution in [-0.4, -0.2) is 15.9 Å². The van der Waals surface area contributed by atoms with Gasteiger partial charge in [0.1, 0.15) is 0 Å². The van der Waals surface area contributed by atoms with Gasteiger partial charge in [-0.1, -0.05) is 15.9 Å². The van der Waals surface area contributed by atoms with Gasteiger partial charge in [-0.15, -0.1) is 0 Å². The number of aromatic nitrogens is 2. The number of nitrogens with zero attached hydrogens (tertiary/aromatic N) is 1. The standard InChI is InChI=1S/C11H9Br2N3O/c12-7-1-2-9(10(13)3-7)11(17)15-5-8-4-14-6-16-8/h1-4,6H,5H2,(H,14,16)(H,15,17). The van der Waals surface area contributed by atoms with Gasteiger partial charge >= 0.3 is 0 Å². The molecule has 0 aliphatic rings. The largest absolute Gasteiger partial charge is 0.347 e. The molecule has 0 bridgehead atoms. The highest BCUT2D eigenvalue weighted by Gasteiger charge is 2.09. The lowest BCUT2D eigenvalue weighted by Crippen LogP contribution is -2.23. The van der Waals surface area contributed by atoms with E-state index >= 15 is 0 Å². The fourth-order valence-corrected chi connectivity index (χ4v) is 2.55. The lowest BCUT2D eigenvalue weighted by Gasteiger charge is -2.06. The summed E-state index contributed by atoms with van der Waals surface area (Å²) in [6.07, 6.45) is 3.26. The Morgan fingerprint density at radius 2 is 2.24 bits per heavy atom. The van der Waals surface area contributed by atoms with Crippen LogP contribution < -0.4 is 5.32 Å². The van der Waals surface area contributed by atoms with Crippen molar-refractivity contribution < 1.29 is 4.79 Å². The minimum absolute atomic E-state index is 0.126. The van der Waals surface area contributed by atoms with Gasteiger partial charge in [0.15, 0.2) is 0 Å². The number of imidazole rings is 1. The Kier molecular flexibility index (Phi) is 3.96. The molecule has 17 heavy (non-hydrogen) atoms. The number of carbonyl (C=O) groups is 1. The molecule has 6 heteroatoms. The van der Waals surface area contributed by atoms with Crippen LogP contribution in [0.15, 0.2) is 39.7 Å². The van der Waals surface area contributed by atoms with Crippen LogP contribution in [0.25, 0.3) is 0 Å². The molecule has 0 spiro atoms. The topological polar surface area (TPSA) is 57.8 Å². The van der Waals surface area contributed by atoms with E-state index in [4.69, 9.17) is 0 Å². The first-order valence-corrected chi connectivity index (χ1v) is 6.46. The Hall–Kier alpha value is -1.14. The van der Waals surface area contributed by atoms with Crippen LogP contribution in [0.4, 0.5) is 0 Å². The number of carbonyl (C=O) groups excluding carboxylic acids is 1. The molecule has 0 atom stereocenters. The third-order valence-corrected chi connectivity index (χ3v) is 3.32. The molecule has 1 aromatic heterocycles. The molecule has 1 heterocycles. The number of amides is 1. The van der Waals surface area contributed by atoms with Crippen molar-refractivity contribution in [1.82, 2.24) is 15.3 Å². The minimum Gasteiger partial charge on any atom is -0.347 e. The van der Waals surface area contributed by atoms with Crippen LogP contribution in [0.1, 0.15) is 16.1 Å². The summed E-state index contributed by atoms with van der Waals surface area (Å²) < 4.78 is 1.68. The van der Waals surface area contributed by atoms with Crippen LogP contribution >= 0.6 is 31.9 Å². The third-order valence-electron chi connectivity index (χ3n) is 2.17. The van der Waals surface area contributed by atoms with Crippen molar-refractivity contribution in [3.8, 4) is 0 Å². The average Bonchev–Trinajstić information content (AvgIpc) is 2.78. The van der Waals surface area contributed by atoms with E-state index in [-0.39, 0.29) is 5.91 Å². The maximum absolute atomic E-state index is 11.9. The van der Waals surface area contributed by atoms with E-state index in [2.05, 4.69) is 47.1 Å². The summed E-state index contributed by atoms with van der Waals surface area (Å²) in [6, 6.07) is 5.43. The Balaban J connectivity index is 2.04. The predicted octanol–water partition coefficient (Wildman–Crippen LogP) is 2.86. The van der Waals surface area contributed by atoms with Crippen LogP contribution in [0.3, 0.4) is 0 Å². The second-order valence-corrected chi connectivity index (χ2v) is 5.15. The molecule has 0 aliphatic carbocycles. The summed E-state index contributed by atoms with van der Waals surface area (Å²) >= 11 is 6.70. The molecule has 2 rings (SSSR count). The summed E-state index contributed by atoms with van der Waals surface area (Å²) in [4.78, 5) is 18.7. The maximum atomic E-state index is 11.9. The third kappa shape index (κ3) is 3.17. The van der Waals surface area contributed by atoms with Crippen molar-refractivity contribution in [2.75, 3.05) is 0 Å². The van der Waals surface area contributed by atoms with Gasteiger partial charge in [-0.3, -0.25) is 4.79 Å². The summed E-state index contributed by atoms with van der Waals surface area (Å²) in [6.45, 7) is 0.432. The maximum Gasteiger partial charge on any atom is 0.252 e. The smallest absolute Gasteiger partial charge is 0.252 e. The van der Waals surface area contributed by atoms with E-state index in [1.54, 1.807) is 18.6 Å². The molecule has 0 saturated carbocycles. The molecular formula is C11H9Br2N3O. The van der Waals surface area contributed by atoms with Gasteiger partial charge in [0.25, 0.3) is 5.91 Å². The van der Waals surface area contributed by atoms with Crippen LogP contribution in [-0.2, 0) is 6.54 Å². The fourth-order valence-electron chi connectivity index (χ4n) is 1.33. The zero-order valence-corrected chi connectivity index (χ0v) is 11.9. The molecule has 0 aliphatic heterocycles. The van der Waals surface area contributed by atoms with Crippen molar-refractivity contribution in [2.45, 2.75) is 6.54 Å². The van der Waals surface area contributed by atoms with Crippen LogP contribution in [0, 0.1) is 0 Å². The van der Waals surface area contributed by atoms with Crippen molar-refractivity contribution in [3.63, 3.8) is 0 Å². The number of H-pyrrole nitrogens is 1. The monoisotopic (exact) mass is 357 g/mol. The van der Waals surface area contributed by atoms with Crippen molar-refractivity contribution in [2.24, 2.45) is 0 Å². The number of halogens is 2. The number of hydrogen-bond donors (Lipinski definition) is 2. The van der Waals surface area contributed by atoms with Gasteiger partial charge in [-0.25, -0.2) is 4.98 Å². The van der Waals surface area contributed by atoms with Gasteiger partial charge in [-0.2, -0.15) is 0 Å². The van der Waals surface area contributed by atoms with Crippen molar-refractivity contribution in [3.05, 3.63) is 50.9 Å². The highest BCUT2D eigenvalue weighted by molar-refractivity contribution is 9.11. The molecule has 4 nitrogen and oxygen atoms in total. The summed E-state index contributed by atoms with van der Waals surface area (Å²) in [5.41, 5.74) is 1.47. The van der Waals surface area contributed by atoms with Gasteiger partial charge in [-0.05, 0) is 34.1 Å². The first-order chi connectivity index (χ1) is 8.16. The van der Waals surface area contributed by atoms with Crippen LogP contribution in [0.2, 0.25) is 0 Å². The molecule has 2 aromatic rings. The van der Waals surface area contributed by atoms with E-state index in [1.165, 1.54) is 0 Å². The molecule has 0 unspecified atom stereocenters. The zero-order valence-electron chi connectivity index (χ0n) is 8.71. The quantitative estimate of drug-likeness (QED) is 0.886. The lowest BCUT2D eigenvalue weighted by atomic mass is 10.2. The average molecular weight is 359 g/mol. The fraction of sp³-hybridized carbons (Fsp3) is 0.0909. The number of aromatic amines is 1. The Morgan fingerprint density at radius 3 is 2.88 bits per heavy atom. The normalized spacial score (nSPS) is 10.2. The van der Waals surface area contributed by atoms with Crippen molar-refractivity contribution in [1.29, 1.82) is 0 Å². The molecule has 1 aromatic carbocycles. The second-order valence-electron chi connectivity index (χ2n) is 3.38. The van der Waals surface area contributed by atoms with E-state index in [0.717, 1.165) is 14.6 Å². The Labute approximate surface area is 115 Å². The molecular weight excluding hydrogens is 350 g/mol. The molecule has 0 fully saturated rings.